The first-order chi connectivity index (χ1) is 9.08. The van der Waals surface area contributed by atoms with Crippen LogP contribution in [0.25, 0.3) is 0 Å². The molecule has 0 aliphatic carbocycles. The molecule has 1 amide bonds. The maximum absolute atomic E-state index is 11.9. The number of nitrogens with zero attached hydrogens (tertiary/aromatic N) is 2. The van der Waals surface area contributed by atoms with Gasteiger partial charge in [-0.1, -0.05) is 13.8 Å². The summed E-state index contributed by atoms with van der Waals surface area (Å²) in [5.41, 5.74) is 6.02. The van der Waals surface area contributed by atoms with Gasteiger partial charge in [0.1, 0.15) is 11.4 Å². The van der Waals surface area contributed by atoms with Crippen molar-refractivity contribution >= 4 is 11.7 Å². The number of nitrogens with one attached hydrogen (secondary N) is 2. The molecule has 0 aromatic carbocycles. The Labute approximate surface area is 114 Å². The normalized spacial score (nSPS) is 12.6. The molecule has 108 valence electrons. The van der Waals surface area contributed by atoms with E-state index in [1.165, 1.54) is 6.20 Å². The first-order valence-electron chi connectivity index (χ1n) is 6.90. The van der Waals surface area contributed by atoms with Gasteiger partial charge in [0.05, 0.1) is 6.20 Å². The van der Waals surface area contributed by atoms with E-state index in [0.29, 0.717) is 11.4 Å². The number of nitrogens with two attached hydrogens (primary N) is 1. The van der Waals surface area contributed by atoms with Crippen molar-refractivity contribution in [2.75, 3.05) is 25.4 Å². The number of H-pyrrole nitrogens is 1. The van der Waals surface area contributed by atoms with Crippen LogP contribution >= 0.6 is 0 Å². The monoisotopic (exact) mass is 267 g/mol. The Hall–Kier alpha value is -1.56. The predicted molar refractivity (Wildman–Crippen MR) is 77.0 cm³/mol. The SMILES string of the molecule is CCN(CC)CCCC(C)NC(=O)c1cn[nH]c1N. The molecule has 1 rings (SSSR count). The van der Waals surface area contributed by atoms with Crippen molar-refractivity contribution in [3.8, 4) is 0 Å². The molecule has 1 aromatic rings. The van der Waals surface area contributed by atoms with Crippen LogP contribution in [0.3, 0.4) is 0 Å². The lowest BCUT2D eigenvalue weighted by atomic mass is 10.1. The maximum Gasteiger partial charge on any atom is 0.256 e. The second-order valence-electron chi connectivity index (χ2n) is 4.74. The molecule has 0 aliphatic heterocycles. The number of carbonyl (C=O) groups is 1. The highest BCUT2D eigenvalue weighted by atomic mass is 16.1. The van der Waals surface area contributed by atoms with Crippen LogP contribution in [0.15, 0.2) is 6.20 Å². The van der Waals surface area contributed by atoms with Gasteiger partial charge in [-0.2, -0.15) is 5.10 Å². The van der Waals surface area contributed by atoms with E-state index in [2.05, 4.69) is 34.3 Å². The number of aromatic amines is 1. The summed E-state index contributed by atoms with van der Waals surface area (Å²) in [5, 5.41) is 9.23. The van der Waals surface area contributed by atoms with Gasteiger partial charge >= 0.3 is 0 Å². The number of amides is 1. The van der Waals surface area contributed by atoms with E-state index >= 15 is 0 Å². The van der Waals surface area contributed by atoms with Crippen LogP contribution in [0.4, 0.5) is 5.82 Å². The fourth-order valence-corrected chi connectivity index (χ4v) is 2.01. The van der Waals surface area contributed by atoms with Crippen molar-refractivity contribution in [1.29, 1.82) is 0 Å². The lowest BCUT2D eigenvalue weighted by Gasteiger charge is -2.19. The predicted octanol–water partition coefficient (Wildman–Crippen LogP) is 1.23. The number of rotatable bonds is 8. The number of hydrogen-bond donors (Lipinski definition) is 3. The largest absolute Gasteiger partial charge is 0.383 e. The molecule has 0 spiro atoms. The molecule has 0 aliphatic rings. The number of aromatic nitrogens is 2. The minimum atomic E-state index is -0.165. The molecule has 0 radical (unpaired) electrons. The molecule has 0 saturated heterocycles. The lowest BCUT2D eigenvalue weighted by Crippen LogP contribution is -2.33. The molecule has 1 heterocycles. The Morgan fingerprint density at radius 3 is 2.74 bits per heavy atom. The van der Waals surface area contributed by atoms with E-state index < -0.39 is 0 Å². The van der Waals surface area contributed by atoms with Crippen molar-refractivity contribution < 1.29 is 4.79 Å². The zero-order valence-corrected chi connectivity index (χ0v) is 12.1. The van der Waals surface area contributed by atoms with Gasteiger partial charge in [-0.3, -0.25) is 9.89 Å². The maximum atomic E-state index is 11.9. The summed E-state index contributed by atoms with van der Waals surface area (Å²) in [6.07, 6.45) is 3.48. The minimum Gasteiger partial charge on any atom is -0.383 e. The Balaban J connectivity index is 2.30. The Bertz CT molecular complexity index is 386. The highest BCUT2D eigenvalue weighted by Crippen LogP contribution is 2.07. The summed E-state index contributed by atoms with van der Waals surface area (Å²) in [7, 11) is 0. The second-order valence-corrected chi connectivity index (χ2v) is 4.74. The summed E-state index contributed by atoms with van der Waals surface area (Å²) < 4.78 is 0. The molecule has 0 saturated carbocycles. The summed E-state index contributed by atoms with van der Waals surface area (Å²) >= 11 is 0. The first-order valence-corrected chi connectivity index (χ1v) is 6.90. The third kappa shape index (κ3) is 4.90. The van der Waals surface area contributed by atoms with Gasteiger partial charge in [0.25, 0.3) is 5.91 Å². The van der Waals surface area contributed by atoms with Gasteiger partial charge < -0.3 is 16.0 Å². The van der Waals surface area contributed by atoms with Crippen LogP contribution in [0, 0.1) is 0 Å². The van der Waals surface area contributed by atoms with Gasteiger partial charge in [-0.25, -0.2) is 0 Å². The zero-order valence-electron chi connectivity index (χ0n) is 12.1. The van der Waals surface area contributed by atoms with Crippen molar-refractivity contribution in [3.05, 3.63) is 11.8 Å². The smallest absolute Gasteiger partial charge is 0.256 e. The van der Waals surface area contributed by atoms with Gasteiger partial charge in [0, 0.05) is 6.04 Å². The quantitative estimate of drug-likeness (QED) is 0.661. The van der Waals surface area contributed by atoms with Crippen LogP contribution in [0.5, 0.6) is 0 Å². The molecular weight excluding hydrogens is 242 g/mol. The third-order valence-corrected chi connectivity index (χ3v) is 3.30. The lowest BCUT2D eigenvalue weighted by molar-refractivity contribution is 0.0938. The molecule has 1 aromatic heterocycles. The van der Waals surface area contributed by atoms with Crippen molar-refractivity contribution in [2.45, 2.75) is 39.7 Å². The molecule has 6 nitrogen and oxygen atoms in total. The summed E-state index contributed by atoms with van der Waals surface area (Å²) in [4.78, 5) is 14.3. The highest BCUT2D eigenvalue weighted by Gasteiger charge is 2.14. The number of anilines is 1. The second kappa shape index (κ2) is 7.78. The Morgan fingerprint density at radius 1 is 1.53 bits per heavy atom. The van der Waals surface area contributed by atoms with Crippen molar-refractivity contribution in [2.24, 2.45) is 0 Å². The van der Waals surface area contributed by atoms with Crippen molar-refractivity contribution in [3.63, 3.8) is 0 Å². The fourth-order valence-electron chi connectivity index (χ4n) is 2.01. The molecule has 0 bridgehead atoms. The summed E-state index contributed by atoms with van der Waals surface area (Å²) in [5.74, 6) is 0.148. The van der Waals surface area contributed by atoms with E-state index in [0.717, 1.165) is 32.5 Å². The Kier molecular flexibility index (Phi) is 6.35. The highest BCUT2D eigenvalue weighted by molar-refractivity contribution is 5.98. The molecule has 1 unspecified atom stereocenters. The van der Waals surface area contributed by atoms with Crippen LogP contribution in [0.2, 0.25) is 0 Å². The topological polar surface area (TPSA) is 87.0 Å². The molecule has 0 fully saturated rings. The number of nitrogen functional groups attached to an aromatic ring is 1. The average molecular weight is 267 g/mol. The zero-order chi connectivity index (χ0) is 14.3. The molecule has 1 atom stereocenters. The van der Waals surface area contributed by atoms with Gasteiger partial charge in [0.2, 0.25) is 0 Å². The summed E-state index contributed by atoms with van der Waals surface area (Å²) in [6.45, 7) is 9.55. The van der Waals surface area contributed by atoms with E-state index in [-0.39, 0.29) is 11.9 Å². The van der Waals surface area contributed by atoms with Crippen molar-refractivity contribution in [1.82, 2.24) is 20.4 Å². The molecular formula is C13H25N5O. The molecule has 6 heteroatoms. The van der Waals surface area contributed by atoms with Crippen LogP contribution in [-0.2, 0) is 0 Å². The standard InChI is InChI=1S/C13H25N5O/c1-4-18(5-2)8-6-7-10(3)16-13(19)11-9-15-17-12(11)14/h9-10H,4-8H2,1-3H3,(H,16,19)(H3,14,15,17). The number of carbonyl (C=O) groups excluding carboxylic acids is 1. The summed E-state index contributed by atoms with van der Waals surface area (Å²) in [6, 6.07) is 0.136. The van der Waals surface area contributed by atoms with E-state index in [9.17, 15) is 4.79 Å². The van der Waals surface area contributed by atoms with Gasteiger partial charge in [-0.05, 0) is 39.4 Å². The van der Waals surface area contributed by atoms with E-state index in [1.807, 2.05) is 6.92 Å². The fraction of sp³-hybridized carbons (Fsp3) is 0.692. The molecule has 19 heavy (non-hydrogen) atoms. The Morgan fingerprint density at radius 2 is 2.21 bits per heavy atom. The van der Waals surface area contributed by atoms with Crippen LogP contribution in [0.1, 0.15) is 44.0 Å². The third-order valence-electron chi connectivity index (χ3n) is 3.30. The van der Waals surface area contributed by atoms with Gasteiger partial charge in [-0.15, -0.1) is 0 Å². The average Bonchev–Trinajstić information content (AvgIpc) is 2.81. The van der Waals surface area contributed by atoms with Gasteiger partial charge in [0.15, 0.2) is 0 Å². The van der Waals surface area contributed by atoms with E-state index in [1.54, 1.807) is 0 Å². The molecule has 4 N–H and O–H groups in total. The minimum absolute atomic E-state index is 0.136. The van der Waals surface area contributed by atoms with Crippen LogP contribution < -0.4 is 11.1 Å². The van der Waals surface area contributed by atoms with Crippen LogP contribution in [-0.4, -0.2) is 46.7 Å². The number of hydrogen-bond acceptors (Lipinski definition) is 4. The van der Waals surface area contributed by atoms with E-state index in [4.69, 9.17) is 5.73 Å². The first kappa shape index (κ1) is 15.5.